The van der Waals surface area contributed by atoms with Crippen LogP contribution in [0.25, 0.3) is 0 Å². The molecule has 0 spiro atoms. The van der Waals surface area contributed by atoms with E-state index >= 15 is 0 Å². The predicted octanol–water partition coefficient (Wildman–Crippen LogP) is 2.91. The van der Waals surface area contributed by atoms with Crippen molar-refractivity contribution in [2.75, 3.05) is 19.3 Å². The molecule has 0 saturated heterocycles. The van der Waals surface area contributed by atoms with Gasteiger partial charge in [-0.1, -0.05) is 12.8 Å². The Balaban J connectivity index is 2.09. The number of amides is 1. The number of nitrogen functional groups attached to an aromatic ring is 1. The van der Waals surface area contributed by atoms with Gasteiger partial charge < -0.3 is 15.2 Å². The van der Waals surface area contributed by atoms with Gasteiger partial charge >= 0.3 is 0 Å². The lowest BCUT2D eigenvalue weighted by Gasteiger charge is -2.22. The second kappa shape index (κ2) is 5.68. The molecule has 0 bridgehead atoms. The van der Waals surface area contributed by atoms with Crippen molar-refractivity contribution in [2.45, 2.75) is 45.6 Å². The summed E-state index contributed by atoms with van der Waals surface area (Å²) in [6, 6.07) is 2.03. The molecule has 2 rings (SSSR count). The highest BCUT2D eigenvalue weighted by atomic mass is 16.2. The van der Waals surface area contributed by atoms with Crippen LogP contribution in [0.1, 0.15) is 56.1 Å². The average Bonchev–Trinajstić information content (AvgIpc) is 2.97. The molecule has 1 aromatic heterocycles. The summed E-state index contributed by atoms with van der Waals surface area (Å²) in [6.07, 6.45) is 6.97. The van der Waals surface area contributed by atoms with E-state index in [0.29, 0.717) is 17.3 Å². The van der Waals surface area contributed by atoms with Gasteiger partial charge in [-0.25, -0.2) is 0 Å². The maximum absolute atomic E-state index is 12.5. The number of hydrogen-bond donors (Lipinski definition) is 1. The topological polar surface area (TPSA) is 51.3 Å². The van der Waals surface area contributed by atoms with Crippen molar-refractivity contribution in [3.8, 4) is 0 Å². The first-order valence-electron chi connectivity index (χ1n) is 7.22. The summed E-state index contributed by atoms with van der Waals surface area (Å²) in [5.74, 6) is 0.756. The fraction of sp³-hybridized carbons (Fsp3) is 0.667. The second-order valence-electron chi connectivity index (χ2n) is 6.00. The van der Waals surface area contributed by atoms with Gasteiger partial charge in [0.2, 0.25) is 0 Å². The standard InChI is InChI=1S/C15H25N3O/c1-11(2)18-10-13(16)8-14(18)15(19)17(3)9-12-6-4-5-7-12/h8,10-12H,4-7,9,16H2,1-3H3. The summed E-state index contributed by atoms with van der Waals surface area (Å²) in [5.41, 5.74) is 7.19. The summed E-state index contributed by atoms with van der Waals surface area (Å²) in [7, 11) is 1.90. The molecule has 19 heavy (non-hydrogen) atoms. The monoisotopic (exact) mass is 263 g/mol. The summed E-state index contributed by atoms with van der Waals surface area (Å²) in [4.78, 5) is 14.4. The van der Waals surface area contributed by atoms with Crippen LogP contribution in [-0.2, 0) is 0 Å². The molecule has 1 aliphatic carbocycles. The molecule has 0 unspecified atom stereocenters. The molecule has 0 radical (unpaired) electrons. The Hall–Kier alpha value is -1.45. The van der Waals surface area contributed by atoms with Crippen LogP contribution >= 0.6 is 0 Å². The maximum Gasteiger partial charge on any atom is 0.270 e. The molecule has 2 N–H and O–H groups in total. The Kier molecular flexibility index (Phi) is 4.17. The third-order valence-electron chi connectivity index (χ3n) is 4.00. The Labute approximate surface area is 115 Å². The maximum atomic E-state index is 12.5. The van der Waals surface area contributed by atoms with E-state index in [1.807, 2.05) is 22.7 Å². The highest BCUT2D eigenvalue weighted by molar-refractivity contribution is 5.93. The van der Waals surface area contributed by atoms with E-state index in [4.69, 9.17) is 5.73 Å². The lowest BCUT2D eigenvalue weighted by atomic mass is 10.1. The quantitative estimate of drug-likeness (QED) is 0.908. The van der Waals surface area contributed by atoms with Crippen molar-refractivity contribution in [3.63, 3.8) is 0 Å². The lowest BCUT2D eigenvalue weighted by molar-refractivity contribution is 0.0761. The van der Waals surface area contributed by atoms with Crippen LogP contribution in [0.4, 0.5) is 5.69 Å². The first kappa shape index (κ1) is 14.0. The van der Waals surface area contributed by atoms with E-state index in [0.717, 1.165) is 6.54 Å². The molecule has 1 saturated carbocycles. The third kappa shape index (κ3) is 3.11. The molecule has 0 aliphatic heterocycles. The van der Waals surface area contributed by atoms with Gasteiger partial charge in [0.25, 0.3) is 5.91 Å². The minimum Gasteiger partial charge on any atom is -0.397 e. The van der Waals surface area contributed by atoms with Crippen LogP contribution in [0.3, 0.4) is 0 Å². The normalized spacial score (nSPS) is 16.2. The van der Waals surface area contributed by atoms with Crippen LogP contribution in [-0.4, -0.2) is 29.0 Å². The van der Waals surface area contributed by atoms with E-state index in [1.54, 1.807) is 6.07 Å². The van der Waals surface area contributed by atoms with Gasteiger partial charge in [0.15, 0.2) is 0 Å². The number of hydrogen-bond acceptors (Lipinski definition) is 2. The van der Waals surface area contributed by atoms with Gasteiger partial charge in [-0.2, -0.15) is 0 Å². The molecule has 1 amide bonds. The second-order valence-corrected chi connectivity index (χ2v) is 6.00. The van der Waals surface area contributed by atoms with Crippen LogP contribution in [0.15, 0.2) is 12.3 Å². The van der Waals surface area contributed by atoms with E-state index in [9.17, 15) is 4.79 Å². The molecule has 0 aromatic carbocycles. The van der Waals surface area contributed by atoms with Crippen LogP contribution in [0.2, 0.25) is 0 Å². The zero-order chi connectivity index (χ0) is 14.0. The highest BCUT2D eigenvalue weighted by Crippen LogP contribution is 2.26. The van der Waals surface area contributed by atoms with Gasteiger partial charge in [-0.15, -0.1) is 0 Å². The molecule has 106 valence electrons. The molecule has 4 nitrogen and oxygen atoms in total. The highest BCUT2D eigenvalue weighted by Gasteiger charge is 2.22. The van der Waals surface area contributed by atoms with Crippen LogP contribution < -0.4 is 5.73 Å². The summed E-state index contributed by atoms with van der Waals surface area (Å²) in [6.45, 7) is 4.99. The first-order chi connectivity index (χ1) is 8.99. The molecule has 1 heterocycles. The molecule has 1 fully saturated rings. The Morgan fingerprint density at radius 1 is 1.47 bits per heavy atom. The number of carbonyl (C=O) groups excluding carboxylic acids is 1. The fourth-order valence-corrected chi connectivity index (χ4v) is 2.96. The van der Waals surface area contributed by atoms with Crippen molar-refractivity contribution in [1.29, 1.82) is 0 Å². The van der Waals surface area contributed by atoms with Crippen molar-refractivity contribution < 1.29 is 4.79 Å². The van der Waals surface area contributed by atoms with E-state index in [2.05, 4.69) is 13.8 Å². The number of carbonyl (C=O) groups is 1. The summed E-state index contributed by atoms with van der Waals surface area (Å²) < 4.78 is 1.96. The van der Waals surface area contributed by atoms with E-state index < -0.39 is 0 Å². The van der Waals surface area contributed by atoms with E-state index in [1.165, 1.54) is 25.7 Å². The summed E-state index contributed by atoms with van der Waals surface area (Å²) in [5, 5.41) is 0. The minimum absolute atomic E-state index is 0.0808. The number of rotatable bonds is 4. The molecule has 1 aromatic rings. The van der Waals surface area contributed by atoms with Crippen LogP contribution in [0, 0.1) is 5.92 Å². The average molecular weight is 263 g/mol. The number of aromatic nitrogens is 1. The largest absolute Gasteiger partial charge is 0.397 e. The smallest absolute Gasteiger partial charge is 0.270 e. The lowest BCUT2D eigenvalue weighted by Crippen LogP contribution is -2.32. The van der Waals surface area contributed by atoms with Gasteiger partial charge in [-0.3, -0.25) is 4.79 Å². The van der Waals surface area contributed by atoms with Gasteiger partial charge in [0.05, 0.1) is 5.69 Å². The van der Waals surface area contributed by atoms with Gasteiger partial charge in [0, 0.05) is 25.8 Å². The summed E-state index contributed by atoms with van der Waals surface area (Å²) >= 11 is 0. The Bertz CT molecular complexity index is 444. The molecule has 1 aliphatic rings. The van der Waals surface area contributed by atoms with Crippen molar-refractivity contribution >= 4 is 11.6 Å². The van der Waals surface area contributed by atoms with Crippen molar-refractivity contribution in [1.82, 2.24) is 9.47 Å². The molecule has 4 heteroatoms. The van der Waals surface area contributed by atoms with Gasteiger partial charge in [-0.05, 0) is 38.7 Å². The zero-order valence-electron chi connectivity index (χ0n) is 12.2. The Morgan fingerprint density at radius 2 is 2.11 bits per heavy atom. The first-order valence-corrected chi connectivity index (χ1v) is 7.22. The molecular formula is C15H25N3O. The predicted molar refractivity (Wildman–Crippen MR) is 78.1 cm³/mol. The van der Waals surface area contributed by atoms with Crippen LogP contribution in [0.5, 0.6) is 0 Å². The third-order valence-corrected chi connectivity index (χ3v) is 4.00. The fourth-order valence-electron chi connectivity index (χ4n) is 2.96. The SMILES string of the molecule is CC(C)n1cc(N)cc1C(=O)N(C)CC1CCCC1. The Morgan fingerprint density at radius 3 is 2.68 bits per heavy atom. The van der Waals surface area contributed by atoms with E-state index in [-0.39, 0.29) is 11.9 Å². The number of nitrogens with two attached hydrogens (primary N) is 1. The van der Waals surface area contributed by atoms with Gasteiger partial charge in [0.1, 0.15) is 5.69 Å². The number of anilines is 1. The minimum atomic E-state index is 0.0808. The molecule has 0 atom stereocenters. The number of nitrogens with zero attached hydrogens (tertiary/aromatic N) is 2. The zero-order valence-corrected chi connectivity index (χ0v) is 12.2. The van der Waals surface area contributed by atoms with Crippen molar-refractivity contribution in [2.24, 2.45) is 5.92 Å². The molecular weight excluding hydrogens is 238 g/mol. The van der Waals surface area contributed by atoms with Crippen molar-refractivity contribution in [3.05, 3.63) is 18.0 Å².